The monoisotopic (exact) mass is 249 g/mol. The van der Waals surface area contributed by atoms with Gasteiger partial charge in [0.25, 0.3) is 0 Å². The molecule has 1 fully saturated rings. The normalized spacial score (nSPS) is 18.3. The molecule has 98 valence electrons. The lowest BCUT2D eigenvalue weighted by Crippen LogP contribution is -2.39. The molecule has 0 amide bonds. The van der Waals surface area contributed by atoms with E-state index in [4.69, 9.17) is 4.74 Å². The topological polar surface area (TPSA) is 58.6 Å². The quantitative estimate of drug-likeness (QED) is 0.859. The molecule has 18 heavy (non-hydrogen) atoms. The van der Waals surface area contributed by atoms with Crippen LogP contribution in [0.2, 0.25) is 0 Å². The second-order valence-electron chi connectivity index (χ2n) is 4.78. The van der Waals surface area contributed by atoms with Gasteiger partial charge in [0.1, 0.15) is 6.04 Å². The number of benzene rings is 1. The number of aryl methyl sites for hydroxylation is 1. The van der Waals surface area contributed by atoms with Gasteiger partial charge in [-0.15, -0.1) is 0 Å². The highest BCUT2D eigenvalue weighted by Gasteiger charge is 2.29. The molecule has 0 spiro atoms. The van der Waals surface area contributed by atoms with Crippen molar-refractivity contribution in [2.24, 2.45) is 5.92 Å². The SMILES string of the molecule is Cc1cccc(NC(C(=O)O)C2CCOCC2)c1. The van der Waals surface area contributed by atoms with E-state index in [1.54, 1.807) is 0 Å². The van der Waals surface area contributed by atoms with E-state index in [1.807, 2.05) is 31.2 Å². The molecule has 1 saturated heterocycles. The van der Waals surface area contributed by atoms with Gasteiger partial charge < -0.3 is 15.2 Å². The Kier molecular flexibility index (Phi) is 4.20. The summed E-state index contributed by atoms with van der Waals surface area (Å²) < 4.78 is 5.28. The van der Waals surface area contributed by atoms with Gasteiger partial charge in [-0.3, -0.25) is 0 Å². The fourth-order valence-electron chi connectivity index (χ4n) is 2.34. The molecular weight excluding hydrogens is 230 g/mol. The van der Waals surface area contributed by atoms with E-state index < -0.39 is 12.0 Å². The summed E-state index contributed by atoms with van der Waals surface area (Å²) in [6.07, 6.45) is 1.60. The number of hydrogen-bond acceptors (Lipinski definition) is 3. The van der Waals surface area contributed by atoms with Crippen molar-refractivity contribution in [2.45, 2.75) is 25.8 Å². The van der Waals surface area contributed by atoms with E-state index in [0.717, 1.165) is 24.1 Å². The lowest BCUT2D eigenvalue weighted by molar-refractivity contribution is -0.140. The zero-order chi connectivity index (χ0) is 13.0. The van der Waals surface area contributed by atoms with Gasteiger partial charge in [0.2, 0.25) is 0 Å². The first-order valence-electron chi connectivity index (χ1n) is 6.30. The largest absolute Gasteiger partial charge is 0.480 e. The number of nitrogens with one attached hydrogen (secondary N) is 1. The van der Waals surface area contributed by atoms with E-state index in [9.17, 15) is 9.90 Å². The molecule has 1 aromatic rings. The Bertz CT molecular complexity index is 413. The van der Waals surface area contributed by atoms with Gasteiger partial charge >= 0.3 is 5.97 Å². The molecule has 2 rings (SSSR count). The third-order valence-electron chi connectivity index (χ3n) is 3.34. The fourth-order valence-corrected chi connectivity index (χ4v) is 2.34. The first kappa shape index (κ1) is 12.9. The maximum Gasteiger partial charge on any atom is 0.326 e. The van der Waals surface area contributed by atoms with Crippen LogP contribution in [0.3, 0.4) is 0 Å². The summed E-state index contributed by atoms with van der Waals surface area (Å²) in [7, 11) is 0. The zero-order valence-corrected chi connectivity index (χ0v) is 10.6. The minimum atomic E-state index is -0.789. The molecule has 0 bridgehead atoms. The molecule has 0 saturated carbocycles. The van der Waals surface area contributed by atoms with Crippen molar-refractivity contribution in [1.82, 2.24) is 0 Å². The van der Waals surface area contributed by atoms with Crippen LogP contribution in [0, 0.1) is 12.8 Å². The summed E-state index contributed by atoms with van der Waals surface area (Å²) in [5.41, 5.74) is 1.99. The predicted octanol–water partition coefficient (Wildman–Crippen LogP) is 2.29. The first-order valence-corrected chi connectivity index (χ1v) is 6.30. The highest BCUT2D eigenvalue weighted by atomic mass is 16.5. The molecule has 1 heterocycles. The maximum atomic E-state index is 11.4. The molecule has 0 radical (unpaired) electrons. The Morgan fingerprint density at radius 1 is 1.44 bits per heavy atom. The molecular formula is C14H19NO3. The second kappa shape index (κ2) is 5.87. The second-order valence-corrected chi connectivity index (χ2v) is 4.78. The van der Waals surface area contributed by atoms with Crippen molar-refractivity contribution >= 4 is 11.7 Å². The number of ether oxygens (including phenoxy) is 1. The Morgan fingerprint density at radius 2 is 2.17 bits per heavy atom. The summed E-state index contributed by atoms with van der Waals surface area (Å²) in [5, 5.41) is 12.5. The molecule has 1 aromatic carbocycles. The lowest BCUT2D eigenvalue weighted by Gasteiger charge is -2.28. The Hall–Kier alpha value is -1.55. The summed E-state index contributed by atoms with van der Waals surface area (Å²) >= 11 is 0. The van der Waals surface area contributed by atoms with Gasteiger partial charge in [-0.2, -0.15) is 0 Å². The number of carbonyl (C=O) groups is 1. The first-order chi connectivity index (χ1) is 8.66. The van der Waals surface area contributed by atoms with Crippen LogP contribution in [-0.2, 0) is 9.53 Å². The van der Waals surface area contributed by atoms with Gasteiger partial charge in [0.05, 0.1) is 0 Å². The molecule has 0 aliphatic carbocycles. The van der Waals surface area contributed by atoms with Crippen LogP contribution in [0.1, 0.15) is 18.4 Å². The van der Waals surface area contributed by atoms with Gasteiger partial charge in [-0.25, -0.2) is 4.79 Å². The van der Waals surface area contributed by atoms with Crippen molar-refractivity contribution in [3.05, 3.63) is 29.8 Å². The van der Waals surface area contributed by atoms with Crippen molar-refractivity contribution < 1.29 is 14.6 Å². The van der Waals surface area contributed by atoms with E-state index in [2.05, 4.69) is 5.32 Å². The number of hydrogen-bond donors (Lipinski definition) is 2. The predicted molar refractivity (Wildman–Crippen MR) is 69.8 cm³/mol. The van der Waals surface area contributed by atoms with Crippen LogP contribution in [0.25, 0.3) is 0 Å². The average Bonchev–Trinajstić information content (AvgIpc) is 2.37. The van der Waals surface area contributed by atoms with Gasteiger partial charge in [0.15, 0.2) is 0 Å². The highest BCUT2D eigenvalue weighted by Crippen LogP contribution is 2.22. The minimum Gasteiger partial charge on any atom is -0.480 e. The minimum absolute atomic E-state index is 0.136. The van der Waals surface area contributed by atoms with E-state index in [-0.39, 0.29) is 5.92 Å². The van der Waals surface area contributed by atoms with Crippen LogP contribution >= 0.6 is 0 Å². The Balaban J connectivity index is 2.08. The lowest BCUT2D eigenvalue weighted by atomic mass is 9.91. The highest BCUT2D eigenvalue weighted by molar-refractivity contribution is 5.77. The molecule has 2 N–H and O–H groups in total. The van der Waals surface area contributed by atoms with Crippen molar-refractivity contribution in [3.63, 3.8) is 0 Å². The van der Waals surface area contributed by atoms with Crippen molar-refractivity contribution in [1.29, 1.82) is 0 Å². The number of carboxylic acids is 1. The maximum absolute atomic E-state index is 11.4. The zero-order valence-electron chi connectivity index (χ0n) is 10.6. The molecule has 1 aliphatic heterocycles. The molecule has 4 nitrogen and oxygen atoms in total. The van der Waals surface area contributed by atoms with Crippen LogP contribution < -0.4 is 5.32 Å². The molecule has 4 heteroatoms. The van der Waals surface area contributed by atoms with Gasteiger partial charge in [-0.05, 0) is 43.4 Å². The average molecular weight is 249 g/mol. The Morgan fingerprint density at radius 3 is 2.78 bits per heavy atom. The third-order valence-corrected chi connectivity index (χ3v) is 3.34. The number of carboxylic acid groups (broad SMARTS) is 1. The van der Waals surface area contributed by atoms with E-state index in [1.165, 1.54) is 0 Å². The summed E-state index contributed by atoms with van der Waals surface area (Å²) in [5.74, 6) is -0.653. The van der Waals surface area contributed by atoms with Gasteiger partial charge in [0, 0.05) is 18.9 Å². The third kappa shape index (κ3) is 3.23. The summed E-state index contributed by atoms with van der Waals surface area (Å²) in [4.78, 5) is 11.4. The molecule has 0 aromatic heterocycles. The molecule has 1 aliphatic rings. The number of anilines is 1. The fraction of sp³-hybridized carbons (Fsp3) is 0.500. The number of aliphatic carboxylic acids is 1. The molecule has 1 unspecified atom stereocenters. The van der Waals surface area contributed by atoms with Crippen LogP contribution in [0.5, 0.6) is 0 Å². The standard InChI is InChI=1S/C14H19NO3/c1-10-3-2-4-12(9-10)15-13(14(16)17)11-5-7-18-8-6-11/h2-4,9,11,13,15H,5-8H2,1H3,(H,16,17). The smallest absolute Gasteiger partial charge is 0.326 e. The van der Waals surface area contributed by atoms with Crippen LogP contribution in [0.4, 0.5) is 5.69 Å². The van der Waals surface area contributed by atoms with Crippen LogP contribution in [0.15, 0.2) is 24.3 Å². The Labute approximate surface area is 107 Å². The van der Waals surface area contributed by atoms with Crippen molar-refractivity contribution in [3.8, 4) is 0 Å². The van der Waals surface area contributed by atoms with Crippen LogP contribution in [-0.4, -0.2) is 30.3 Å². The van der Waals surface area contributed by atoms with Crippen molar-refractivity contribution in [2.75, 3.05) is 18.5 Å². The summed E-state index contributed by atoms with van der Waals surface area (Å²) in [6, 6.07) is 7.27. The van der Waals surface area contributed by atoms with E-state index in [0.29, 0.717) is 13.2 Å². The van der Waals surface area contributed by atoms with Gasteiger partial charge in [-0.1, -0.05) is 12.1 Å². The molecule has 1 atom stereocenters. The number of rotatable bonds is 4. The van der Waals surface area contributed by atoms with E-state index >= 15 is 0 Å². The summed E-state index contributed by atoms with van der Waals surface area (Å²) in [6.45, 7) is 3.31.